The third kappa shape index (κ3) is 4.45. The van der Waals surface area contributed by atoms with Gasteiger partial charge in [0.15, 0.2) is 0 Å². The molecule has 2 aromatic heterocycles. The van der Waals surface area contributed by atoms with Crippen LogP contribution < -0.4 is 5.32 Å². The molecule has 3 aromatic rings. The van der Waals surface area contributed by atoms with E-state index in [-0.39, 0.29) is 11.3 Å². The summed E-state index contributed by atoms with van der Waals surface area (Å²) in [6, 6.07) is 16.3. The topological polar surface area (TPSA) is 59.8 Å². The Hall–Kier alpha value is -2.95. The summed E-state index contributed by atoms with van der Waals surface area (Å²) in [5.74, 6) is -0.0785. The molecule has 1 aliphatic rings. The molecule has 0 unspecified atom stereocenters. The van der Waals surface area contributed by atoms with Crippen molar-refractivity contribution in [3.05, 3.63) is 71.5 Å². The van der Waals surface area contributed by atoms with Gasteiger partial charge in [0.05, 0.1) is 29.7 Å². The molecule has 30 heavy (non-hydrogen) atoms. The maximum absolute atomic E-state index is 12.6. The second-order valence-corrected chi connectivity index (χ2v) is 9.13. The van der Waals surface area contributed by atoms with Gasteiger partial charge in [-0.15, -0.1) is 0 Å². The fourth-order valence-electron chi connectivity index (χ4n) is 4.06. The SMILES string of the molecule is CC(C)(C)c1ccc(C(=O)NCc2cc(-c3ccccn3)n(C3CCCC3)n2)cc1. The van der Waals surface area contributed by atoms with Gasteiger partial charge >= 0.3 is 0 Å². The highest BCUT2D eigenvalue weighted by Crippen LogP contribution is 2.33. The van der Waals surface area contributed by atoms with Gasteiger partial charge in [0.2, 0.25) is 0 Å². The minimum Gasteiger partial charge on any atom is -0.346 e. The van der Waals surface area contributed by atoms with Crippen LogP contribution in [0.25, 0.3) is 11.4 Å². The predicted octanol–water partition coefficient (Wildman–Crippen LogP) is 5.29. The fraction of sp³-hybridized carbons (Fsp3) is 0.400. The minimum atomic E-state index is -0.0785. The number of pyridine rings is 1. The second-order valence-electron chi connectivity index (χ2n) is 9.13. The lowest BCUT2D eigenvalue weighted by Crippen LogP contribution is -2.23. The molecule has 0 spiro atoms. The molecule has 5 heteroatoms. The lowest BCUT2D eigenvalue weighted by atomic mass is 9.87. The summed E-state index contributed by atoms with van der Waals surface area (Å²) in [6.45, 7) is 6.91. The van der Waals surface area contributed by atoms with E-state index in [2.05, 4.69) is 41.8 Å². The Bertz CT molecular complexity index is 994. The molecular formula is C25H30N4O. The van der Waals surface area contributed by atoms with Crippen LogP contribution in [0.3, 0.4) is 0 Å². The number of carbonyl (C=O) groups excluding carboxylic acids is 1. The maximum Gasteiger partial charge on any atom is 0.251 e. The molecule has 1 saturated carbocycles. The van der Waals surface area contributed by atoms with Crippen molar-refractivity contribution in [3.63, 3.8) is 0 Å². The fourth-order valence-corrected chi connectivity index (χ4v) is 4.06. The molecule has 0 aliphatic heterocycles. The average molecular weight is 403 g/mol. The summed E-state index contributed by atoms with van der Waals surface area (Å²) in [7, 11) is 0. The highest BCUT2D eigenvalue weighted by molar-refractivity contribution is 5.94. The maximum atomic E-state index is 12.6. The summed E-state index contributed by atoms with van der Waals surface area (Å²) in [5, 5.41) is 7.86. The van der Waals surface area contributed by atoms with Crippen molar-refractivity contribution in [1.29, 1.82) is 0 Å². The molecule has 1 aliphatic carbocycles. The number of rotatable bonds is 5. The number of nitrogens with one attached hydrogen (secondary N) is 1. The molecule has 1 aromatic carbocycles. The van der Waals surface area contributed by atoms with Crippen molar-refractivity contribution in [1.82, 2.24) is 20.1 Å². The van der Waals surface area contributed by atoms with E-state index in [9.17, 15) is 4.79 Å². The monoisotopic (exact) mass is 402 g/mol. The van der Waals surface area contributed by atoms with E-state index in [0.29, 0.717) is 18.2 Å². The second kappa shape index (κ2) is 8.42. The molecule has 1 N–H and O–H groups in total. The highest BCUT2D eigenvalue weighted by atomic mass is 16.1. The lowest BCUT2D eigenvalue weighted by Gasteiger charge is -2.19. The number of benzene rings is 1. The largest absolute Gasteiger partial charge is 0.346 e. The number of nitrogens with zero attached hydrogens (tertiary/aromatic N) is 3. The van der Waals surface area contributed by atoms with Crippen LogP contribution in [-0.4, -0.2) is 20.7 Å². The van der Waals surface area contributed by atoms with Crippen molar-refractivity contribution in [3.8, 4) is 11.4 Å². The van der Waals surface area contributed by atoms with Gasteiger partial charge in [-0.25, -0.2) is 0 Å². The molecule has 2 heterocycles. The first kappa shape index (κ1) is 20.3. The van der Waals surface area contributed by atoms with Gasteiger partial charge in [-0.1, -0.05) is 51.8 Å². The van der Waals surface area contributed by atoms with Gasteiger partial charge < -0.3 is 5.32 Å². The van der Waals surface area contributed by atoms with Crippen LogP contribution in [0.4, 0.5) is 0 Å². The van der Waals surface area contributed by atoms with Crippen molar-refractivity contribution in [2.75, 3.05) is 0 Å². The zero-order valence-electron chi connectivity index (χ0n) is 18.1. The van der Waals surface area contributed by atoms with E-state index in [0.717, 1.165) is 29.9 Å². The summed E-state index contributed by atoms with van der Waals surface area (Å²) in [5.41, 5.74) is 4.78. The molecular weight excluding hydrogens is 372 g/mol. The Morgan fingerprint density at radius 2 is 1.83 bits per heavy atom. The van der Waals surface area contributed by atoms with E-state index in [4.69, 9.17) is 5.10 Å². The molecule has 156 valence electrons. The minimum absolute atomic E-state index is 0.0734. The third-order valence-electron chi connectivity index (χ3n) is 5.83. The van der Waals surface area contributed by atoms with Gasteiger partial charge in [-0.2, -0.15) is 5.10 Å². The van der Waals surface area contributed by atoms with E-state index < -0.39 is 0 Å². The first-order valence-corrected chi connectivity index (χ1v) is 10.8. The van der Waals surface area contributed by atoms with Crippen molar-refractivity contribution in [2.24, 2.45) is 0 Å². The Morgan fingerprint density at radius 1 is 1.10 bits per heavy atom. The molecule has 0 bridgehead atoms. The zero-order valence-corrected chi connectivity index (χ0v) is 18.1. The van der Waals surface area contributed by atoms with Gasteiger partial charge in [-0.05, 0) is 54.2 Å². The number of carbonyl (C=O) groups is 1. The predicted molar refractivity (Wildman–Crippen MR) is 119 cm³/mol. The standard InChI is InChI=1S/C25H30N4O/c1-25(2,3)19-13-11-18(12-14-19)24(30)27-17-20-16-23(22-10-6-7-15-26-22)29(28-20)21-8-4-5-9-21/h6-7,10-16,21H,4-5,8-9,17H2,1-3H3,(H,27,30). The van der Waals surface area contributed by atoms with E-state index >= 15 is 0 Å². The van der Waals surface area contributed by atoms with Crippen molar-refractivity contribution in [2.45, 2.75) is 64.5 Å². The van der Waals surface area contributed by atoms with Gasteiger partial charge in [-0.3, -0.25) is 14.5 Å². The molecule has 0 saturated heterocycles. The van der Waals surface area contributed by atoms with Gasteiger partial charge in [0.1, 0.15) is 0 Å². The van der Waals surface area contributed by atoms with Crippen molar-refractivity contribution >= 4 is 5.91 Å². The van der Waals surface area contributed by atoms with Crippen LogP contribution in [0.5, 0.6) is 0 Å². The smallest absolute Gasteiger partial charge is 0.251 e. The zero-order chi connectivity index (χ0) is 21.1. The number of amides is 1. The number of hydrogen-bond acceptors (Lipinski definition) is 3. The van der Waals surface area contributed by atoms with Crippen LogP contribution in [0.2, 0.25) is 0 Å². The van der Waals surface area contributed by atoms with Crippen molar-refractivity contribution < 1.29 is 4.79 Å². The summed E-state index contributed by atoms with van der Waals surface area (Å²) in [4.78, 5) is 17.2. The van der Waals surface area contributed by atoms with Crippen LogP contribution in [0.15, 0.2) is 54.7 Å². The average Bonchev–Trinajstić information content (AvgIpc) is 3.42. The molecule has 0 radical (unpaired) electrons. The van der Waals surface area contributed by atoms with E-state index in [1.807, 2.05) is 48.7 Å². The van der Waals surface area contributed by atoms with Crippen LogP contribution >= 0.6 is 0 Å². The van der Waals surface area contributed by atoms with Gasteiger partial charge in [0, 0.05) is 11.8 Å². The molecule has 5 nitrogen and oxygen atoms in total. The van der Waals surface area contributed by atoms with Gasteiger partial charge in [0.25, 0.3) is 5.91 Å². The first-order valence-electron chi connectivity index (χ1n) is 10.8. The summed E-state index contributed by atoms with van der Waals surface area (Å²) >= 11 is 0. The summed E-state index contributed by atoms with van der Waals surface area (Å²) in [6.07, 6.45) is 6.58. The third-order valence-corrected chi connectivity index (χ3v) is 5.83. The van der Waals surface area contributed by atoms with E-state index in [1.165, 1.54) is 18.4 Å². The Labute approximate surface area is 178 Å². The molecule has 0 atom stereocenters. The van der Waals surface area contributed by atoms with Crippen LogP contribution in [0.1, 0.15) is 74.1 Å². The Morgan fingerprint density at radius 3 is 2.47 bits per heavy atom. The van der Waals surface area contributed by atoms with Crippen LogP contribution in [0, 0.1) is 0 Å². The Balaban J connectivity index is 1.50. The van der Waals surface area contributed by atoms with Crippen LogP contribution in [-0.2, 0) is 12.0 Å². The quantitative estimate of drug-likeness (QED) is 0.631. The molecule has 4 rings (SSSR count). The molecule has 1 fully saturated rings. The summed E-state index contributed by atoms with van der Waals surface area (Å²) < 4.78 is 2.12. The molecule has 1 amide bonds. The number of hydrogen-bond donors (Lipinski definition) is 1. The number of aromatic nitrogens is 3. The Kier molecular flexibility index (Phi) is 5.71. The lowest BCUT2D eigenvalue weighted by molar-refractivity contribution is 0.0950. The van der Waals surface area contributed by atoms with E-state index in [1.54, 1.807) is 0 Å². The normalized spacial score (nSPS) is 14.8. The highest BCUT2D eigenvalue weighted by Gasteiger charge is 2.22. The first-order chi connectivity index (χ1) is 14.4.